The number of hydrogen-bond acceptors (Lipinski definition) is 6. The molecule has 2 atom stereocenters. The van der Waals surface area contributed by atoms with Crippen molar-refractivity contribution in [3.63, 3.8) is 0 Å². The molecule has 0 aromatic heterocycles. The summed E-state index contributed by atoms with van der Waals surface area (Å²) >= 11 is 3.20. The molecule has 0 aliphatic carbocycles. The minimum absolute atomic E-state index is 0.0582. The molecule has 6 nitrogen and oxygen atoms in total. The van der Waals surface area contributed by atoms with Crippen LogP contribution in [-0.4, -0.2) is 37.5 Å². The van der Waals surface area contributed by atoms with Gasteiger partial charge in [0.25, 0.3) is 0 Å². The maximum atomic E-state index is 12.8. The van der Waals surface area contributed by atoms with Gasteiger partial charge in [0.15, 0.2) is 0 Å². The third kappa shape index (κ3) is 4.01. The van der Waals surface area contributed by atoms with Crippen LogP contribution in [0.25, 0.3) is 0 Å². The third-order valence-electron chi connectivity index (χ3n) is 5.93. The summed E-state index contributed by atoms with van der Waals surface area (Å²) in [6.07, 6.45) is 0. The fourth-order valence-electron chi connectivity index (χ4n) is 4.34. The van der Waals surface area contributed by atoms with Crippen LogP contribution < -0.4 is 19.3 Å². The number of hydrogen-bond donors (Lipinski definition) is 0. The Hall–Kier alpha value is -3.10. The van der Waals surface area contributed by atoms with Crippen molar-refractivity contribution in [2.45, 2.75) is 10.7 Å². The van der Waals surface area contributed by atoms with Crippen molar-refractivity contribution in [1.29, 1.82) is 0 Å². The highest BCUT2D eigenvalue weighted by atomic mass is 32.2. The molecule has 2 aliphatic heterocycles. The van der Waals surface area contributed by atoms with Crippen LogP contribution in [0.5, 0.6) is 11.5 Å². The van der Waals surface area contributed by atoms with Gasteiger partial charge in [-0.05, 0) is 35.4 Å². The normalized spacial score (nSPS) is 20.2. The molecule has 2 amide bonds. The van der Waals surface area contributed by atoms with E-state index in [0.717, 1.165) is 22.5 Å². The SMILES string of the molecule is COc1ccccc1N1C(=O)CS[C@@H]1c1ccc([C@@H]2SCC(=O)N2c2ccccc2OC)cc1. The summed E-state index contributed by atoms with van der Waals surface area (Å²) in [5.41, 5.74) is 3.61. The Morgan fingerprint density at radius 2 is 1.03 bits per heavy atom. The van der Waals surface area contributed by atoms with Gasteiger partial charge < -0.3 is 9.47 Å². The zero-order valence-electron chi connectivity index (χ0n) is 18.8. The molecule has 3 aromatic rings. The molecule has 0 N–H and O–H groups in total. The van der Waals surface area contributed by atoms with Crippen molar-refractivity contribution in [2.75, 3.05) is 35.5 Å². The van der Waals surface area contributed by atoms with Gasteiger partial charge in [-0.25, -0.2) is 0 Å². The summed E-state index contributed by atoms with van der Waals surface area (Å²) in [6.45, 7) is 0. The summed E-state index contributed by atoms with van der Waals surface area (Å²) in [5.74, 6) is 2.30. The van der Waals surface area contributed by atoms with Crippen molar-refractivity contribution >= 4 is 46.7 Å². The number of benzene rings is 3. The molecular formula is C26H24N2O4S2. The Labute approximate surface area is 207 Å². The molecule has 0 bridgehead atoms. The van der Waals surface area contributed by atoms with Crippen LogP contribution in [0, 0.1) is 0 Å². The second-order valence-electron chi connectivity index (χ2n) is 7.86. The Bertz CT molecular complexity index is 1120. The first-order chi connectivity index (χ1) is 16.6. The Morgan fingerprint density at radius 1 is 0.647 bits per heavy atom. The van der Waals surface area contributed by atoms with E-state index in [0.29, 0.717) is 23.0 Å². The number of thioether (sulfide) groups is 2. The summed E-state index contributed by atoms with van der Waals surface area (Å²) in [7, 11) is 3.23. The minimum atomic E-state index is -0.138. The van der Waals surface area contributed by atoms with Crippen LogP contribution in [0.3, 0.4) is 0 Å². The van der Waals surface area contributed by atoms with Crippen LogP contribution in [0.15, 0.2) is 72.8 Å². The van der Waals surface area contributed by atoms with Gasteiger partial charge in [-0.1, -0.05) is 48.5 Å². The van der Waals surface area contributed by atoms with Gasteiger partial charge in [-0.2, -0.15) is 0 Å². The zero-order chi connectivity index (χ0) is 23.7. The highest BCUT2D eigenvalue weighted by Gasteiger charge is 2.37. The molecular weight excluding hydrogens is 468 g/mol. The molecule has 2 aliphatic rings. The average Bonchev–Trinajstić information content (AvgIpc) is 3.46. The molecule has 0 spiro atoms. The van der Waals surface area contributed by atoms with E-state index in [1.54, 1.807) is 37.7 Å². The van der Waals surface area contributed by atoms with Crippen molar-refractivity contribution in [3.8, 4) is 11.5 Å². The van der Waals surface area contributed by atoms with E-state index in [-0.39, 0.29) is 22.6 Å². The quantitative estimate of drug-likeness (QED) is 0.468. The van der Waals surface area contributed by atoms with E-state index in [1.807, 2.05) is 58.3 Å². The van der Waals surface area contributed by atoms with E-state index >= 15 is 0 Å². The number of rotatable bonds is 6. The minimum Gasteiger partial charge on any atom is -0.495 e. The van der Waals surface area contributed by atoms with E-state index in [9.17, 15) is 9.59 Å². The lowest BCUT2D eigenvalue weighted by Gasteiger charge is -2.27. The van der Waals surface area contributed by atoms with Crippen molar-refractivity contribution in [2.24, 2.45) is 0 Å². The summed E-state index contributed by atoms with van der Waals surface area (Å²) in [4.78, 5) is 29.2. The molecule has 5 rings (SSSR count). The van der Waals surface area contributed by atoms with Crippen LogP contribution in [-0.2, 0) is 9.59 Å². The average molecular weight is 493 g/mol. The summed E-state index contributed by atoms with van der Waals surface area (Å²) in [6, 6.07) is 23.4. The third-order valence-corrected chi connectivity index (χ3v) is 8.36. The first-order valence-electron chi connectivity index (χ1n) is 10.9. The van der Waals surface area contributed by atoms with Gasteiger partial charge in [0, 0.05) is 0 Å². The molecule has 2 heterocycles. The fourth-order valence-corrected chi connectivity index (χ4v) is 6.68. The molecule has 2 saturated heterocycles. The monoisotopic (exact) mass is 492 g/mol. The molecule has 0 saturated carbocycles. The molecule has 0 unspecified atom stereocenters. The standard InChI is InChI=1S/C26H24N2O4S2/c1-31-21-9-5-3-7-19(21)27-23(29)15-33-25(27)17-11-13-18(14-12-17)26-28(24(30)16-34-26)20-8-4-6-10-22(20)32-2/h3-14,25-26H,15-16H2,1-2H3/t25-,26+. The Kier molecular flexibility index (Phi) is 6.43. The summed E-state index contributed by atoms with van der Waals surface area (Å²) < 4.78 is 11.0. The number of para-hydroxylation sites is 4. The lowest BCUT2D eigenvalue weighted by atomic mass is 10.1. The van der Waals surface area contributed by atoms with Crippen molar-refractivity contribution in [3.05, 3.63) is 83.9 Å². The van der Waals surface area contributed by atoms with Crippen LogP contribution >= 0.6 is 23.5 Å². The van der Waals surface area contributed by atoms with Gasteiger partial charge in [0.1, 0.15) is 22.2 Å². The predicted octanol–water partition coefficient (Wildman–Crippen LogP) is 5.26. The number of carbonyl (C=O) groups is 2. The van der Waals surface area contributed by atoms with E-state index < -0.39 is 0 Å². The van der Waals surface area contributed by atoms with Crippen molar-refractivity contribution < 1.29 is 19.1 Å². The molecule has 34 heavy (non-hydrogen) atoms. The topological polar surface area (TPSA) is 59.1 Å². The zero-order valence-corrected chi connectivity index (χ0v) is 20.5. The van der Waals surface area contributed by atoms with Crippen LogP contribution in [0.1, 0.15) is 21.9 Å². The van der Waals surface area contributed by atoms with Gasteiger partial charge in [-0.3, -0.25) is 19.4 Å². The molecule has 8 heteroatoms. The Morgan fingerprint density at radius 3 is 1.41 bits per heavy atom. The molecule has 174 valence electrons. The van der Waals surface area contributed by atoms with Gasteiger partial charge in [-0.15, -0.1) is 23.5 Å². The largest absolute Gasteiger partial charge is 0.495 e. The van der Waals surface area contributed by atoms with Crippen LogP contribution in [0.2, 0.25) is 0 Å². The van der Waals surface area contributed by atoms with Gasteiger partial charge in [0.05, 0.1) is 37.1 Å². The molecule has 2 fully saturated rings. The summed E-state index contributed by atoms with van der Waals surface area (Å²) in [5, 5.41) is -0.276. The number of ether oxygens (including phenoxy) is 2. The molecule has 3 aromatic carbocycles. The first kappa shape index (κ1) is 22.7. The number of nitrogens with zero attached hydrogens (tertiary/aromatic N) is 2. The van der Waals surface area contributed by atoms with Gasteiger partial charge >= 0.3 is 0 Å². The van der Waals surface area contributed by atoms with E-state index in [4.69, 9.17) is 9.47 Å². The maximum Gasteiger partial charge on any atom is 0.238 e. The highest BCUT2D eigenvalue weighted by molar-refractivity contribution is 8.01. The lowest BCUT2D eigenvalue weighted by molar-refractivity contribution is -0.116. The number of methoxy groups -OCH3 is 2. The predicted molar refractivity (Wildman–Crippen MR) is 138 cm³/mol. The van der Waals surface area contributed by atoms with E-state index in [1.165, 1.54) is 0 Å². The van der Waals surface area contributed by atoms with Gasteiger partial charge in [0.2, 0.25) is 11.8 Å². The second-order valence-corrected chi connectivity index (χ2v) is 10.0. The first-order valence-corrected chi connectivity index (χ1v) is 13.0. The Balaban J connectivity index is 1.44. The second kappa shape index (κ2) is 9.64. The van der Waals surface area contributed by atoms with Crippen LogP contribution in [0.4, 0.5) is 11.4 Å². The lowest BCUT2D eigenvalue weighted by Crippen LogP contribution is -2.29. The maximum absolute atomic E-state index is 12.8. The molecule has 0 radical (unpaired) electrons. The van der Waals surface area contributed by atoms with E-state index in [2.05, 4.69) is 24.3 Å². The number of amides is 2. The highest BCUT2D eigenvalue weighted by Crippen LogP contribution is 2.47. The number of carbonyl (C=O) groups excluding carboxylic acids is 2. The van der Waals surface area contributed by atoms with Crippen molar-refractivity contribution in [1.82, 2.24) is 0 Å². The number of anilines is 2. The smallest absolute Gasteiger partial charge is 0.238 e. The fraction of sp³-hybridized carbons (Fsp3) is 0.231.